The van der Waals surface area contributed by atoms with E-state index in [0.29, 0.717) is 72.0 Å². The SMILES string of the molecule is CCCc1nn(C)c2c(=O)[nH]c(-c3cc([S+]([O-])N4CCC(C(O)(CCO)CCO[N+](=O)[O-])CC4)ccc3OCC)nc12. The standard InChI is InChI=1S/C27H38N6O8S/c1-4-6-21-23-24(31(3)30-21)26(35)29-25(28-23)20-17-19(7-8-22(20)40-5-2)42(39)32-13-9-18(10-14-32)27(36,11-15-34)12-16-41-33(37)38/h7-8,17-18,34,36H,4-6,9-16H2,1-3H3,(H,28,29,35). The van der Waals surface area contributed by atoms with E-state index in [9.17, 15) is 29.7 Å². The first-order chi connectivity index (χ1) is 20.1. The maximum atomic E-state index is 13.7. The van der Waals surface area contributed by atoms with Gasteiger partial charge in [-0.15, -0.1) is 14.4 Å². The number of nitrogens with zero attached hydrogens (tertiary/aromatic N) is 5. The van der Waals surface area contributed by atoms with Crippen molar-refractivity contribution in [3.8, 4) is 17.1 Å². The van der Waals surface area contributed by atoms with Gasteiger partial charge in [0.1, 0.15) is 17.1 Å². The third-order valence-corrected chi connectivity index (χ3v) is 9.17. The second kappa shape index (κ2) is 13.8. The first-order valence-corrected chi connectivity index (χ1v) is 15.2. The number of H-pyrrole nitrogens is 1. The van der Waals surface area contributed by atoms with E-state index in [1.165, 1.54) is 4.68 Å². The lowest BCUT2D eigenvalue weighted by Gasteiger charge is -2.40. The zero-order valence-electron chi connectivity index (χ0n) is 24.1. The van der Waals surface area contributed by atoms with Gasteiger partial charge < -0.3 is 29.3 Å². The molecular formula is C27H38N6O8S. The number of aliphatic hydroxyl groups excluding tert-OH is 1. The molecule has 2 aromatic heterocycles. The van der Waals surface area contributed by atoms with Crippen LogP contribution in [-0.4, -0.2) is 82.4 Å². The molecule has 1 aromatic carbocycles. The summed E-state index contributed by atoms with van der Waals surface area (Å²) in [7, 11) is 1.71. The predicted molar refractivity (Wildman–Crippen MR) is 155 cm³/mol. The van der Waals surface area contributed by atoms with E-state index in [1.807, 2.05) is 13.8 Å². The summed E-state index contributed by atoms with van der Waals surface area (Å²) < 4.78 is 22.9. The molecule has 0 radical (unpaired) electrons. The minimum Gasteiger partial charge on any atom is -0.593 e. The van der Waals surface area contributed by atoms with Crippen LogP contribution in [-0.2, 0) is 29.7 Å². The summed E-state index contributed by atoms with van der Waals surface area (Å²) in [6.45, 7) is 4.53. The van der Waals surface area contributed by atoms with Crippen LogP contribution in [0, 0.1) is 16.0 Å². The first-order valence-electron chi connectivity index (χ1n) is 14.1. The summed E-state index contributed by atoms with van der Waals surface area (Å²) in [5, 5.41) is 34.8. The fourth-order valence-corrected chi connectivity index (χ4v) is 6.84. The summed E-state index contributed by atoms with van der Waals surface area (Å²) in [5.41, 5.74) is 0.480. The number of piperidine rings is 1. The molecule has 4 rings (SSSR count). The maximum Gasteiger partial charge on any atom is 0.294 e. The number of benzene rings is 1. The highest BCUT2D eigenvalue weighted by Crippen LogP contribution is 2.37. The van der Waals surface area contributed by atoms with Crippen molar-refractivity contribution in [1.29, 1.82) is 0 Å². The minimum absolute atomic E-state index is 0.0109. The Bertz CT molecular complexity index is 1440. The van der Waals surface area contributed by atoms with Crippen LogP contribution in [0.1, 0.15) is 51.6 Å². The lowest BCUT2D eigenvalue weighted by molar-refractivity contribution is -0.758. The van der Waals surface area contributed by atoms with Crippen LogP contribution in [0.3, 0.4) is 0 Å². The number of aryl methyl sites for hydroxylation is 2. The summed E-state index contributed by atoms with van der Waals surface area (Å²) in [6, 6.07) is 5.15. The molecule has 15 heteroatoms. The number of aromatic nitrogens is 4. The highest BCUT2D eigenvalue weighted by molar-refractivity contribution is 7.89. The zero-order chi connectivity index (χ0) is 30.4. The number of aromatic amines is 1. The number of hydrogen-bond acceptors (Lipinski definition) is 11. The van der Waals surface area contributed by atoms with Gasteiger partial charge in [0, 0.05) is 39.2 Å². The molecule has 1 aliphatic heterocycles. The summed E-state index contributed by atoms with van der Waals surface area (Å²) in [5.74, 6) is 0.540. The molecule has 14 nitrogen and oxygen atoms in total. The monoisotopic (exact) mass is 606 g/mol. The van der Waals surface area contributed by atoms with E-state index in [0.717, 1.165) is 12.1 Å². The van der Waals surface area contributed by atoms with Crippen molar-refractivity contribution in [1.82, 2.24) is 24.1 Å². The van der Waals surface area contributed by atoms with Gasteiger partial charge in [0.05, 0.1) is 41.4 Å². The number of aliphatic hydroxyl groups is 2. The second-order valence-electron chi connectivity index (χ2n) is 10.4. The van der Waals surface area contributed by atoms with Gasteiger partial charge in [-0.3, -0.25) is 9.48 Å². The van der Waals surface area contributed by atoms with Gasteiger partial charge in [-0.25, -0.2) is 4.98 Å². The lowest BCUT2D eigenvalue weighted by atomic mass is 9.77. The van der Waals surface area contributed by atoms with E-state index in [1.54, 1.807) is 29.6 Å². The molecule has 2 unspecified atom stereocenters. The smallest absolute Gasteiger partial charge is 0.294 e. The molecule has 2 atom stereocenters. The van der Waals surface area contributed by atoms with Crippen LogP contribution >= 0.6 is 0 Å². The highest BCUT2D eigenvalue weighted by Gasteiger charge is 2.40. The van der Waals surface area contributed by atoms with Crippen LogP contribution in [0.15, 0.2) is 27.9 Å². The molecule has 0 spiro atoms. The van der Waals surface area contributed by atoms with Crippen molar-refractivity contribution >= 4 is 22.4 Å². The average molecular weight is 607 g/mol. The quantitative estimate of drug-likeness (QED) is 0.138. The van der Waals surface area contributed by atoms with Crippen LogP contribution in [0.2, 0.25) is 0 Å². The van der Waals surface area contributed by atoms with Gasteiger partial charge in [-0.05, 0) is 50.7 Å². The van der Waals surface area contributed by atoms with E-state index in [2.05, 4.69) is 14.9 Å². The molecule has 0 amide bonds. The summed E-state index contributed by atoms with van der Waals surface area (Å²) >= 11 is -1.56. The van der Waals surface area contributed by atoms with Crippen LogP contribution in [0.4, 0.5) is 0 Å². The maximum absolute atomic E-state index is 13.7. The average Bonchev–Trinajstić information content (AvgIpc) is 3.28. The van der Waals surface area contributed by atoms with Crippen molar-refractivity contribution in [3.05, 3.63) is 44.4 Å². The fraction of sp³-hybridized carbons (Fsp3) is 0.593. The van der Waals surface area contributed by atoms with Crippen LogP contribution in [0.5, 0.6) is 5.75 Å². The van der Waals surface area contributed by atoms with E-state index < -0.39 is 22.0 Å². The number of fused-ring (bicyclic) bond motifs is 1. The normalized spacial score (nSPS) is 16.8. The number of ether oxygens (including phenoxy) is 1. The Morgan fingerprint density at radius 1 is 1.26 bits per heavy atom. The molecular weight excluding hydrogens is 568 g/mol. The molecule has 42 heavy (non-hydrogen) atoms. The molecule has 3 aromatic rings. The Morgan fingerprint density at radius 2 is 2.00 bits per heavy atom. The number of nitrogens with one attached hydrogen (secondary N) is 1. The number of rotatable bonds is 14. The second-order valence-corrected chi connectivity index (χ2v) is 11.8. The Kier molecular flexibility index (Phi) is 10.4. The Hall–Kier alpha value is -3.24. The molecule has 1 aliphatic rings. The third kappa shape index (κ3) is 6.86. The van der Waals surface area contributed by atoms with E-state index in [-0.39, 0.29) is 37.5 Å². The molecule has 0 bridgehead atoms. The van der Waals surface area contributed by atoms with E-state index >= 15 is 0 Å². The fourth-order valence-electron chi connectivity index (χ4n) is 5.60. The molecule has 230 valence electrons. The zero-order valence-corrected chi connectivity index (χ0v) is 24.9. The molecule has 1 fully saturated rings. The van der Waals surface area contributed by atoms with Gasteiger partial charge >= 0.3 is 0 Å². The van der Waals surface area contributed by atoms with Gasteiger partial charge in [-0.2, -0.15) is 5.10 Å². The van der Waals surface area contributed by atoms with Crippen molar-refractivity contribution in [2.45, 2.75) is 62.9 Å². The molecule has 0 saturated carbocycles. The highest BCUT2D eigenvalue weighted by atomic mass is 32.2. The summed E-state index contributed by atoms with van der Waals surface area (Å²) in [4.78, 5) is 36.1. The molecule has 3 N–H and O–H groups in total. The first kappa shape index (κ1) is 31.7. The van der Waals surface area contributed by atoms with Gasteiger partial charge in [-0.1, -0.05) is 13.3 Å². The predicted octanol–water partition coefficient (Wildman–Crippen LogP) is 2.12. The Morgan fingerprint density at radius 3 is 2.64 bits per heavy atom. The van der Waals surface area contributed by atoms with E-state index in [4.69, 9.17) is 9.72 Å². The number of hydrogen-bond donors (Lipinski definition) is 3. The van der Waals surface area contributed by atoms with Crippen LogP contribution < -0.4 is 10.3 Å². The largest absolute Gasteiger partial charge is 0.593 e. The van der Waals surface area contributed by atoms with Crippen molar-refractivity contribution < 1.29 is 29.4 Å². The lowest BCUT2D eigenvalue weighted by Crippen LogP contribution is -2.47. The third-order valence-electron chi connectivity index (χ3n) is 7.68. The molecule has 1 saturated heterocycles. The summed E-state index contributed by atoms with van der Waals surface area (Å²) in [6.07, 6.45) is 2.55. The molecule has 3 heterocycles. The van der Waals surface area contributed by atoms with Gasteiger partial charge in [0.15, 0.2) is 10.4 Å². The topological polar surface area (TPSA) is 192 Å². The van der Waals surface area contributed by atoms with Crippen LogP contribution in [0.25, 0.3) is 22.4 Å². The van der Waals surface area contributed by atoms with Crippen molar-refractivity contribution in [2.75, 3.05) is 32.9 Å². The molecule has 0 aliphatic carbocycles. The van der Waals surface area contributed by atoms with Crippen molar-refractivity contribution in [3.63, 3.8) is 0 Å². The Balaban J connectivity index is 1.58. The van der Waals surface area contributed by atoms with Gasteiger partial charge in [0.2, 0.25) is 0 Å². The van der Waals surface area contributed by atoms with Crippen molar-refractivity contribution in [2.24, 2.45) is 13.0 Å². The Labute approximate surface area is 246 Å². The minimum atomic E-state index is -1.56. The van der Waals surface area contributed by atoms with Gasteiger partial charge in [0.25, 0.3) is 10.6 Å².